The van der Waals surface area contributed by atoms with Crippen molar-refractivity contribution in [2.75, 3.05) is 24.7 Å². The fourth-order valence-corrected chi connectivity index (χ4v) is 4.20. The van der Waals surface area contributed by atoms with Crippen molar-refractivity contribution in [2.24, 2.45) is 0 Å². The number of nitrogens with two attached hydrogens (primary N) is 1. The van der Waals surface area contributed by atoms with E-state index < -0.39 is 0 Å². The molecule has 2 aromatic heterocycles. The summed E-state index contributed by atoms with van der Waals surface area (Å²) >= 11 is 0. The van der Waals surface area contributed by atoms with Crippen molar-refractivity contribution in [3.8, 4) is 22.7 Å². The van der Waals surface area contributed by atoms with Gasteiger partial charge in [-0.1, -0.05) is 68.4 Å². The van der Waals surface area contributed by atoms with E-state index in [1.54, 1.807) is 11.8 Å². The van der Waals surface area contributed by atoms with E-state index in [1.165, 1.54) is 11.1 Å². The summed E-state index contributed by atoms with van der Waals surface area (Å²) in [7, 11) is 1.67. The molecule has 2 heterocycles. The van der Waals surface area contributed by atoms with Crippen LogP contribution in [0.1, 0.15) is 30.9 Å². The van der Waals surface area contributed by atoms with E-state index >= 15 is 0 Å². The topological polar surface area (TPSA) is 90.9 Å². The van der Waals surface area contributed by atoms with Gasteiger partial charge in [0.15, 0.2) is 5.65 Å². The molecular formula is C29H30N6O. The lowest BCUT2D eigenvalue weighted by Crippen LogP contribution is -2.09. The maximum absolute atomic E-state index is 6.65. The number of anilines is 2. The lowest BCUT2D eigenvalue weighted by atomic mass is 10.0. The van der Waals surface area contributed by atoms with Gasteiger partial charge in [-0.2, -0.15) is 4.98 Å². The number of aromatic nitrogens is 4. The third kappa shape index (κ3) is 4.73. The zero-order valence-electron chi connectivity index (χ0n) is 20.8. The molecule has 7 nitrogen and oxygen atoms in total. The summed E-state index contributed by atoms with van der Waals surface area (Å²) in [6, 6.07) is 26.4. The van der Waals surface area contributed by atoms with Crippen LogP contribution < -0.4 is 15.8 Å². The van der Waals surface area contributed by atoms with Crippen LogP contribution in [0.5, 0.6) is 5.75 Å². The van der Waals surface area contributed by atoms with E-state index in [0.717, 1.165) is 34.5 Å². The summed E-state index contributed by atoms with van der Waals surface area (Å²) < 4.78 is 6.99. The van der Waals surface area contributed by atoms with Crippen molar-refractivity contribution < 1.29 is 4.74 Å². The van der Waals surface area contributed by atoms with Gasteiger partial charge < -0.3 is 15.8 Å². The van der Waals surface area contributed by atoms with Gasteiger partial charge in [0, 0.05) is 12.1 Å². The Morgan fingerprint density at radius 1 is 0.917 bits per heavy atom. The third-order valence-corrected chi connectivity index (χ3v) is 6.28. The Kier molecular flexibility index (Phi) is 6.54. The van der Waals surface area contributed by atoms with Crippen LogP contribution in [0, 0.1) is 0 Å². The largest absolute Gasteiger partial charge is 0.497 e. The molecule has 0 amide bonds. The highest BCUT2D eigenvalue weighted by Gasteiger charge is 2.19. The zero-order chi connectivity index (χ0) is 25.1. The maximum atomic E-state index is 6.65. The Morgan fingerprint density at radius 2 is 1.64 bits per heavy atom. The second kappa shape index (κ2) is 10.1. The van der Waals surface area contributed by atoms with E-state index in [1.807, 2.05) is 54.6 Å². The van der Waals surface area contributed by atoms with Gasteiger partial charge in [0.2, 0.25) is 5.95 Å². The van der Waals surface area contributed by atoms with Crippen LogP contribution in [0.3, 0.4) is 0 Å². The molecule has 0 bridgehead atoms. The predicted molar refractivity (Wildman–Crippen MR) is 146 cm³/mol. The molecule has 0 aliphatic heterocycles. The van der Waals surface area contributed by atoms with E-state index in [9.17, 15) is 0 Å². The van der Waals surface area contributed by atoms with Gasteiger partial charge in [-0.15, -0.1) is 5.10 Å². The summed E-state index contributed by atoms with van der Waals surface area (Å²) in [4.78, 5) is 9.58. The van der Waals surface area contributed by atoms with E-state index in [2.05, 4.69) is 43.4 Å². The van der Waals surface area contributed by atoms with E-state index in [-0.39, 0.29) is 0 Å². The standard InChI is InChI=1S/C29H30N6O/c1-19(2)21-11-13-23(14-12-21)35-27(30)25-26(22-7-5-4-6-8-22)32-29(33-28(25)34-35)31-18-17-20-9-15-24(36-3)16-10-20/h4-16,19H,17-18,30H2,1-3H3,(H,31,33,34). The minimum absolute atomic E-state index is 0.454. The molecule has 7 heteroatoms. The number of nitrogens with zero attached hydrogens (tertiary/aromatic N) is 4. The van der Waals surface area contributed by atoms with Crippen LogP contribution >= 0.6 is 0 Å². The highest BCUT2D eigenvalue weighted by Crippen LogP contribution is 2.33. The number of methoxy groups -OCH3 is 1. The number of fused-ring (bicyclic) bond motifs is 1. The Morgan fingerprint density at radius 3 is 2.31 bits per heavy atom. The van der Waals surface area contributed by atoms with Crippen molar-refractivity contribution in [1.82, 2.24) is 19.7 Å². The summed E-state index contributed by atoms with van der Waals surface area (Å²) in [5.74, 6) is 2.34. The maximum Gasteiger partial charge on any atom is 0.225 e. The number of nitrogens with one attached hydrogen (secondary N) is 1. The van der Waals surface area contributed by atoms with Crippen molar-refractivity contribution in [3.63, 3.8) is 0 Å². The minimum Gasteiger partial charge on any atom is -0.497 e. The van der Waals surface area contributed by atoms with Gasteiger partial charge in [0.1, 0.15) is 11.6 Å². The van der Waals surface area contributed by atoms with Crippen LogP contribution in [-0.2, 0) is 6.42 Å². The van der Waals surface area contributed by atoms with Gasteiger partial charge in [0.05, 0.1) is 23.9 Å². The second-order valence-electron chi connectivity index (χ2n) is 9.03. The van der Waals surface area contributed by atoms with Crippen molar-refractivity contribution >= 4 is 22.8 Å². The number of rotatable bonds is 8. The number of benzene rings is 3. The molecule has 3 aromatic carbocycles. The molecule has 3 N–H and O–H groups in total. The number of nitrogen functional groups attached to an aromatic ring is 1. The Hall–Kier alpha value is -4.39. The van der Waals surface area contributed by atoms with Gasteiger partial charge in [-0.25, -0.2) is 9.67 Å². The van der Waals surface area contributed by atoms with Gasteiger partial charge in [-0.3, -0.25) is 0 Å². The molecule has 0 saturated carbocycles. The SMILES string of the molecule is COc1ccc(CCNc2nc(-c3ccccc3)c3c(N)n(-c4ccc(C(C)C)cc4)nc3n2)cc1. The molecule has 0 aliphatic carbocycles. The number of hydrogen-bond donors (Lipinski definition) is 2. The summed E-state index contributed by atoms with van der Waals surface area (Å²) in [6.45, 7) is 5.03. The molecule has 0 fully saturated rings. The smallest absolute Gasteiger partial charge is 0.225 e. The Bertz CT molecular complexity index is 1460. The molecule has 182 valence electrons. The third-order valence-electron chi connectivity index (χ3n) is 6.28. The van der Waals surface area contributed by atoms with Crippen LogP contribution in [0.25, 0.3) is 28.0 Å². The van der Waals surface area contributed by atoms with Crippen LogP contribution in [0.15, 0.2) is 78.9 Å². The highest BCUT2D eigenvalue weighted by atomic mass is 16.5. The van der Waals surface area contributed by atoms with Crippen LogP contribution in [0.2, 0.25) is 0 Å². The fraction of sp³-hybridized carbons (Fsp3) is 0.207. The molecule has 5 aromatic rings. The molecular weight excluding hydrogens is 448 g/mol. The van der Waals surface area contributed by atoms with E-state index in [0.29, 0.717) is 29.9 Å². The first-order valence-corrected chi connectivity index (χ1v) is 12.1. The van der Waals surface area contributed by atoms with Gasteiger partial charge in [-0.05, 0) is 47.7 Å². The number of ether oxygens (including phenoxy) is 1. The monoisotopic (exact) mass is 478 g/mol. The van der Waals surface area contributed by atoms with Crippen molar-refractivity contribution in [1.29, 1.82) is 0 Å². The first-order chi connectivity index (χ1) is 17.5. The lowest BCUT2D eigenvalue weighted by Gasteiger charge is -2.09. The molecule has 0 radical (unpaired) electrons. The fourth-order valence-electron chi connectivity index (χ4n) is 4.20. The number of hydrogen-bond acceptors (Lipinski definition) is 6. The minimum atomic E-state index is 0.454. The molecule has 36 heavy (non-hydrogen) atoms. The van der Waals surface area contributed by atoms with Gasteiger partial charge in [0.25, 0.3) is 0 Å². The molecule has 0 unspecified atom stereocenters. The quantitative estimate of drug-likeness (QED) is 0.291. The molecule has 5 rings (SSSR count). The molecule has 0 spiro atoms. The average Bonchev–Trinajstić information content (AvgIpc) is 3.25. The zero-order valence-corrected chi connectivity index (χ0v) is 20.8. The van der Waals surface area contributed by atoms with E-state index in [4.69, 9.17) is 25.5 Å². The van der Waals surface area contributed by atoms with Crippen molar-refractivity contribution in [2.45, 2.75) is 26.2 Å². The second-order valence-corrected chi connectivity index (χ2v) is 9.03. The molecule has 0 atom stereocenters. The first kappa shape index (κ1) is 23.4. The molecule has 0 aliphatic rings. The Labute approximate surface area is 211 Å². The summed E-state index contributed by atoms with van der Waals surface area (Å²) in [5, 5.41) is 8.89. The predicted octanol–water partition coefficient (Wildman–Crippen LogP) is 5.85. The first-order valence-electron chi connectivity index (χ1n) is 12.1. The van der Waals surface area contributed by atoms with Crippen LogP contribution in [-0.4, -0.2) is 33.4 Å². The Balaban J connectivity index is 1.49. The average molecular weight is 479 g/mol. The van der Waals surface area contributed by atoms with Crippen molar-refractivity contribution in [3.05, 3.63) is 90.0 Å². The molecule has 0 saturated heterocycles. The highest BCUT2D eigenvalue weighted by molar-refractivity contribution is 5.99. The normalized spacial score (nSPS) is 11.2. The van der Waals surface area contributed by atoms with Gasteiger partial charge >= 0.3 is 0 Å². The lowest BCUT2D eigenvalue weighted by molar-refractivity contribution is 0.414. The summed E-state index contributed by atoms with van der Waals surface area (Å²) in [5.41, 5.74) is 12.3. The summed E-state index contributed by atoms with van der Waals surface area (Å²) in [6.07, 6.45) is 0.824. The van der Waals surface area contributed by atoms with Crippen LogP contribution in [0.4, 0.5) is 11.8 Å².